The Kier molecular flexibility index (Phi) is 9.07. The lowest BCUT2D eigenvalue weighted by molar-refractivity contribution is -0.140. The van der Waals surface area contributed by atoms with E-state index >= 15 is 0 Å². The second-order valence-corrected chi connectivity index (χ2v) is 5.52. The van der Waals surface area contributed by atoms with Crippen molar-refractivity contribution in [2.75, 3.05) is 12.4 Å². The summed E-state index contributed by atoms with van der Waals surface area (Å²) in [6.45, 7) is 2.39. The van der Waals surface area contributed by atoms with E-state index in [1.165, 1.54) is 25.7 Å². The van der Waals surface area contributed by atoms with Crippen LogP contribution in [-0.2, 0) is 19.6 Å². The molecule has 0 aliphatic rings. The van der Waals surface area contributed by atoms with Crippen LogP contribution in [0.15, 0.2) is 0 Å². The van der Waals surface area contributed by atoms with Gasteiger partial charge in [0, 0.05) is 0 Å². The van der Waals surface area contributed by atoms with Crippen molar-refractivity contribution >= 4 is 16.1 Å². The highest BCUT2D eigenvalue weighted by molar-refractivity contribution is 7.86. The quantitative estimate of drug-likeness (QED) is 0.372. The lowest BCUT2D eigenvalue weighted by Gasteiger charge is -2.03. The van der Waals surface area contributed by atoms with Crippen molar-refractivity contribution in [2.45, 2.75) is 51.9 Å². The smallest absolute Gasteiger partial charge is 0.323 e. The maximum atomic E-state index is 10.9. The maximum absolute atomic E-state index is 10.9. The van der Waals surface area contributed by atoms with Crippen molar-refractivity contribution in [3.05, 3.63) is 0 Å². The summed E-state index contributed by atoms with van der Waals surface area (Å²) in [6, 6.07) is 0. The van der Waals surface area contributed by atoms with E-state index in [1.807, 2.05) is 0 Å². The standard InChI is InChI=1S/C11H22O5S/c1-2-3-4-5-6-7-8-9-16-11(12)10-17(13,14)15/h2-10H2,1H3,(H,13,14,15). The van der Waals surface area contributed by atoms with Crippen molar-refractivity contribution < 1.29 is 22.5 Å². The third kappa shape index (κ3) is 13.3. The fraction of sp³-hybridized carbons (Fsp3) is 0.909. The van der Waals surface area contributed by atoms with Gasteiger partial charge in [-0.15, -0.1) is 0 Å². The molecule has 0 bridgehead atoms. The number of hydrogen-bond donors (Lipinski definition) is 1. The highest BCUT2D eigenvalue weighted by Gasteiger charge is 2.13. The Morgan fingerprint density at radius 3 is 2.12 bits per heavy atom. The van der Waals surface area contributed by atoms with Crippen molar-refractivity contribution in [3.63, 3.8) is 0 Å². The van der Waals surface area contributed by atoms with E-state index in [0.717, 1.165) is 19.3 Å². The lowest BCUT2D eigenvalue weighted by atomic mass is 10.1. The number of ether oxygens (including phenoxy) is 1. The largest absolute Gasteiger partial charge is 0.465 e. The molecule has 0 atom stereocenters. The van der Waals surface area contributed by atoms with Crippen LogP contribution < -0.4 is 0 Å². The Morgan fingerprint density at radius 2 is 1.59 bits per heavy atom. The zero-order valence-corrected chi connectivity index (χ0v) is 11.2. The van der Waals surface area contributed by atoms with Crippen LogP contribution in [0.1, 0.15) is 51.9 Å². The minimum absolute atomic E-state index is 0.224. The van der Waals surface area contributed by atoms with Crippen molar-refractivity contribution in [1.82, 2.24) is 0 Å². The molecular formula is C11H22O5S. The van der Waals surface area contributed by atoms with Crippen LogP contribution >= 0.6 is 0 Å². The predicted molar refractivity (Wildman–Crippen MR) is 65.4 cm³/mol. The molecule has 0 saturated carbocycles. The Morgan fingerprint density at radius 1 is 1.06 bits per heavy atom. The number of carbonyl (C=O) groups excluding carboxylic acids is 1. The highest BCUT2D eigenvalue weighted by atomic mass is 32.2. The van der Waals surface area contributed by atoms with Gasteiger partial charge in [-0.2, -0.15) is 8.42 Å². The minimum atomic E-state index is -4.26. The monoisotopic (exact) mass is 266 g/mol. The number of carbonyl (C=O) groups is 1. The highest BCUT2D eigenvalue weighted by Crippen LogP contribution is 2.06. The van der Waals surface area contributed by atoms with Crippen LogP contribution in [0.5, 0.6) is 0 Å². The van der Waals surface area contributed by atoms with Crippen LogP contribution in [0.25, 0.3) is 0 Å². The molecule has 0 radical (unpaired) electrons. The molecule has 0 amide bonds. The van der Waals surface area contributed by atoms with Gasteiger partial charge in [-0.05, 0) is 6.42 Å². The number of esters is 1. The molecule has 0 aromatic carbocycles. The van der Waals surface area contributed by atoms with E-state index in [0.29, 0.717) is 0 Å². The number of rotatable bonds is 10. The molecule has 1 N–H and O–H groups in total. The number of unbranched alkanes of at least 4 members (excludes halogenated alkanes) is 6. The zero-order chi connectivity index (χ0) is 13.1. The zero-order valence-electron chi connectivity index (χ0n) is 10.4. The summed E-state index contributed by atoms with van der Waals surface area (Å²) >= 11 is 0. The minimum Gasteiger partial charge on any atom is -0.465 e. The molecule has 6 heteroatoms. The van der Waals surface area contributed by atoms with Crippen molar-refractivity contribution in [3.8, 4) is 0 Å². The molecule has 102 valence electrons. The average Bonchev–Trinajstić information content (AvgIpc) is 2.19. The summed E-state index contributed by atoms with van der Waals surface area (Å²) in [5.74, 6) is -1.85. The van der Waals surface area contributed by atoms with Gasteiger partial charge in [-0.1, -0.05) is 45.4 Å². The Bertz CT molecular complexity index is 297. The molecule has 0 saturated heterocycles. The first-order valence-electron chi connectivity index (χ1n) is 6.06. The Hall–Kier alpha value is -0.620. The predicted octanol–water partition coefficient (Wildman–Crippen LogP) is 2.17. The van der Waals surface area contributed by atoms with E-state index in [4.69, 9.17) is 4.55 Å². The Labute approximate surface area is 103 Å². The molecule has 0 unspecified atom stereocenters. The van der Waals surface area contributed by atoms with Gasteiger partial charge in [0.1, 0.15) is 0 Å². The van der Waals surface area contributed by atoms with Gasteiger partial charge >= 0.3 is 5.97 Å². The number of hydrogen-bond acceptors (Lipinski definition) is 4. The molecule has 17 heavy (non-hydrogen) atoms. The van der Waals surface area contributed by atoms with Gasteiger partial charge in [0.15, 0.2) is 5.75 Å². The summed E-state index contributed by atoms with van der Waals surface area (Å²) in [5, 5.41) is 0. The van der Waals surface area contributed by atoms with Crippen LogP contribution in [-0.4, -0.2) is 31.3 Å². The van der Waals surface area contributed by atoms with Crippen LogP contribution in [0.4, 0.5) is 0 Å². The molecule has 0 heterocycles. The molecular weight excluding hydrogens is 244 g/mol. The molecule has 0 aliphatic carbocycles. The topological polar surface area (TPSA) is 80.7 Å². The van der Waals surface area contributed by atoms with E-state index in [-0.39, 0.29) is 6.61 Å². The molecule has 0 aromatic heterocycles. The first-order chi connectivity index (χ1) is 7.95. The first-order valence-corrected chi connectivity index (χ1v) is 7.67. The van der Waals surface area contributed by atoms with E-state index in [1.54, 1.807) is 0 Å². The van der Waals surface area contributed by atoms with E-state index < -0.39 is 21.8 Å². The van der Waals surface area contributed by atoms with Crippen molar-refractivity contribution in [2.24, 2.45) is 0 Å². The van der Waals surface area contributed by atoms with Crippen molar-refractivity contribution in [1.29, 1.82) is 0 Å². The van der Waals surface area contributed by atoms with Crippen LogP contribution in [0.3, 0.4) is 0 Å². The van der Waals surface area contributed by atoms with Gasteiger partial charge in [0.05, 0.1) is 6.61 Å². The molecule has 0 aromatic rings. The third-order valence-electron chi connectivity index (χ3n) is 2.31. The molecule has 0 aliphatic heterocycles. The fourth-order valence-corrected chi connectivity index (χ4v) is 1.82. The van der Waals surface area contributed by atoms with Gasteiger partial charge < -0.3 is 4.74 Å². The van der Waals surface area contributed by atoms with E-state index in [2.05, 4.69) is 11.7 Å². The first kappa shape index (κ1) is 16.4. The van der Waals surface area contributed by atoms with E-state index in [9.17, 15) is 13.2 Å². The maximum Gasteiger partial charge on any atom is 0.323 e. The fourth-order valence-electron chi connectivity index (χ4n) is 1.44. The summed E-state index contributed by atoms with van der Waals surface area (Å²) in [6.07, 6.45) is 7.71. The molecule has 5 nitrogen and oxygen atoms in total. The molecule has 0 spiro atoms. The second kappa shape index (κ2) is 9.41. The average molecular weight is 266 g/mol. The summed E-state index contributed by atoms with van der Waals surface area (Å²) in [7, 11) is -4.26. The summed E-state index contributed by atoms with van der Waals surface area (Å²) < 4.78 is 33.7. The normalized spacial score (nSPS) is 11.4. The van der Waals surface area contributed by atoms with Gasteiger partial charge in [-0.3, -0.25) is 9.35 Å². The van der Waals surface area contributed by atoms with Gasteiger partial charge in [0.2, 0.25) is 0 Å². The summed E-state index contributed by atoms with van der Waals surface area (Å²) in [5.41, 5.74) is 0. The molecule has 0 rings (SSSR count). The Balaban J connectivity index is 3.31. The SMILES string of the molecule is CCCCCCCCCOC(=O)CS(=O)(=O)O. The van der Waals surface area contributed by atoms with Gasteiger partial charge in [0.25, 0.3) is 10.1 Å². The second-order valence-electron chi connectivity index (χ2n) is 4.07. The van der Waals surface area contributed by atoms with Crippen LogP contribution in [0, 0.1) is 0 Å². The third-order valence-corrected chi connectivity index (χ3v) is 2.91. The summed E-state index contributed by atoms with van der Waals surface area (Å²) in [4.78, 5) is 10.9. The van der Waals surface area contributed by atoms with Crippen LogP contribution in [0.2, 0.25) is 0 Å². The lowest BCUT2D eigenvalue weighted by Crippen LogP contribution is -2.18. The van der Waals surface area contributed by atoms with Gasteiger partial charge in [-0.25, -0.2) is 0 Å². The molecule has 0 fully saturated rings.